The first-order chi connectivity index (χ1) is 11.2. The Bertz CT molecular complexity index is 743. The summed E-state index contributed by atoms with van der Waals surface area (Å²) in [6.07, 6.45) is 0. The molecule has 0 fully saturated rings. The maximum Gasteiger partial charge on any atom is 0.347 e. The molecule has 0 spiro atoms. The van der Waals surface area contributed by atoms with Crippen LogP contribution in [-0.2, 0) is 4.79 Å². The fraction of sp³-hybridized carbons (Fsp3) is 0.263. The molecule has 5 nitrogen and oxygen atoms in total. The minimum absolute atomic E-state index is 0.232. The van der Waals surface area contributed by atoms with Gasteiger partial charge in [0.25, 0.3) is 5.91 Å². The highest BCUT2D eigenvalue weighted by molar-refractivity contribution is 6.04. The lowest BCUT2D eigenvalue weighted by atomic mass is 10.1. The largest absolute Gasteiger partial charge is 0.478 e. The van der Waals surface area contributed by atoms with Gasteiger partial charge in [-0.1, -0.05) is 6.07 Å². The second kappa shape index (κ2) is 6.74. The normalized spacial score (nSPS) is 11.0. The number of aryl methyl sites for hydroxylation is 2. The van der Waals surface area contributed by atoms with Crippen LogP contribution < -0.4 is 10.1 Å². The molecule has 0 atom stereocenters. The van der Waals surface area contributed by atoms with E-state index in [4.69, 9.17) is 9.84 Å². The molecule has 2 N–H and O–H groups in total. The number of rotatable bonds is 5. The first kappa shape index (κ1) is 17.5. The van der Waals surface area contributed by atoms with E-state index in [2.05, 4.69) is 5.32 Å². The highest BCUT2D eigenvalue weighted by Crippen LogP contribution is 2.20. The second-order valence-electron chi connectivity index (χ2n) is 6.27. The van der Waals surface area contributed by atoms with E-state index in [0.29, 0.717) is 11.3 Å². The Hall–Kier alpha value is -2.82. The Morgan fingerprint density at radius 3 is 2.04 bits per heavy atom. The number of carboxylic acid groups (broad SMARTS) is 1. The number of carbonyl (C=O) groups excluding carboxylic acids is 1. The Labute approximate surface area is 141 Å². The molecule has 2 aromatic carbocycles. The van der Waals surface area contributed by atoms with Gasteiger partial charge in [0.1, 0.15) is 5.75 Å². The van der Waals surface area contributed by atoms with Crippen LogP contribution in [0.4, 0.5) is 5.69 Å². The van der Waals surface area contributed by atoms with Crippen molar-refractivity contribution in [3.63, 3.8) is 0 Å². The summed E-state index contributed by atoms with van der Waals surface area (Å²) in [5.74, 6) is -0.895. The zero-order chi connectivity index (χ0) is 17.9. The van der Waals surface area contributed by atoms with Gasteiger partial charge < -0.3 is 15.2 Å². The summed E-state index contributed by atoms with van der Waals surface area (Å²) >= 11 is 0. The topological polar surface area (TPSA) is 75.6 Å². The maximum atomic E-state index is 12.3. The molecule has 0 heterocycles. The van der Waals surface area contributed by atoms with Crippen LogP contribution in [-0.4, -0.2) is 22.6 Å². The molecule has 0 aliphatic carbocycles. The molecule has 2 aromatic rings. The van der Waals surface area contributed by atoms with Crippen LogP contribution in [0.3, 0.4) is 0 Å². The Balaban J connectivity index is 2.10. The van der Waals surface area contributed by atoms with Gasteiger partial charge in [0.2, 0.25) is 0 Å². The smallest absolute Gasteiger partial charge is 0.347 e. The zero-order valence-corrected chi connectivity index (χ0v) is 14.2. The Morgan fingerprint density at radius 2 is 1.54 bits per heavy atom. The standard InChI is InChI=1S/C19H21NO4/c1-12-9-13(2)11-15(10-12)20-17(21)14-5-7-16(8-6-14)24-19(3,4)18(22)23/h5-11H,1-4H3,(H,20,21)(H,22,23). The Kier molecular flexibility index (Phi) is 4.93. The van der Waals surface area contributed by atoms with Crippen LogP contribution in [0.2, 0.25) is 0 Å². The van der Waals surface area contributed by atoms with Crippen LogP contribution in [0.25, 0.3) is 0 Å². The van der Waals surface area contributed by atoms with Crippen LogP contribution in [0.1, 0.15) is 35.3 Å². The minimum Gasteiger partial charge on any atom is -0.478 e. The van der Waals surface area contributed by atoms with Crippen LogP contribution in [0.5, 0.6) is 5.75 Å². The summed E-state index contributed by atoms with van der Waals surface area (Å²) in [6, 6.07) is 12.2. The van der Waals surface area contributed by atoms with Crippen LogP contribution in [0, 0.1) is 13.8 Å². The van der Waals surface area contributed by atoms with Gasteiger partial charge in [0.05, 0.1) is 0 Å². The molecular formula is C19H21NO4. The number of aliphatic carboxylic acids is 1. The highest BCUT2D eigenvalue weighted by Gasteiger charge is 2.29. The lowest BCUT2D eigenvalue weighted by Gasteiger charge is -2.21. The molecule has 0 aliphatic heterocycles. The van der Waals surface area contributed by atoms with Gasteiger partial charge in [-0.3, -0.25) is 4.79 Å². The molecule has 2 rings (SSSR count). The molecule has 0 aromatic heterocycles. The number of carbonyl (C=O) groups is 2. The second-order valence-corrected chi connectivity index (χ2v) is 6.27. The van der Waals surface area contributed by atoms with Crippen molar-refractivity contribution in [2.75, 3.05) is 5.32 Å². The van der Waals surface area contributed by atoms with Gasteiger partial charge in [-0.15, -0.1) is 0 Å². The first-order valence-electron chi connectivity index (χ1n) is 7.59. The molecule has 0 saturated carbocycles. The molecular weight excluding hydrogens is 306 g/mol. The van der Waals surface area contributed by atoms with E-state index in [-0.39, 0.29) is 5.91 Å². The zero-order valence-electron chi connectivity index (χ0n) is 14.2. The predicted molar refractivity (Wildman–Crippen MR) is 92.7 cm³/mol. The van der Waals surface area contributed by atoms with Crippen molar-refractivity contribution in [3.05, 3.63) is 59.2 Å². The summed E-state index contributed by atoms with van der Waals surface area (Å²) in [7, 11) is 0. The monoisotopic (exact) mass is 327 g/mol. The number of ether oxygens (including phenoxy) is 1. The fourth-order valence-corrected chi connectivity index (χ4v) is 2.26. The van der Waals surface area contributed by atoms with Crippen LogP contribution in [0.15, 0.2) is 42.5 Å². The summed E-state index contributed by atoms with van der Waals surface area (Å²) in [6.45, 7) is 6.88. The van der Waals surface area contributed by atoms with Gasteiger partial charge in [-0.2, -0.15) is 0 Å². The van der Waals surface area contributed by atoms with E-state index in [1.165, 1.54) is 13.8 Å². The number of amides is 1. The van der Waals surface area contributed by atoms with Crippen molar-refractivity contribution in [1.82, 2.24) is 0 Å². The van der Waals surface area contributed by atoms with Gasteiger partial charge >= 0.3 is 5.97 Å². The van der Waals surface area contributed by atoms with Crippen molar-refractivity contribution < 1.29 is 19.4 Å². The molecule has 126 valence electrons. The third-order valence-corrected chi connectivity index (χ3v) is 3.48. The van der Waals surface area contributed by atoms with Crippen molar-refractivity contribution in [1.29, 1.82) is 0 Å². The number of anilines is 1. The van der Waals surface area contributed by atoms with E-state index < -0.39 is 11.6 Å². The highest BCUT2D eigenvalue weighted by atomic mass is 16.5. The average Bonchev–Trinajstić information content (AvgIpc) is 2.46. The molecule has 0 aliphatic rings. The molecule has 0 radical (unpaired) electrons. The summed E-state index contributed by atoms with van der Waals surface area (Å²) in [5.41, 5.74) is 2.03. The number of benzene rings is 2. The molecule has 24 heavy (non-hydrogen) atoms. The lowest BCUT2D eigenvalue weighted by Crippen LogP contribution is -2.37. The number of hydrogen-bond acceptors (Lipinski definition) is 3. The number of hydrogen-bond donors (Lipinski definition) is 2. The van der Waals surface area contributed by atoms with E-state index in [1.807, 2.05) is 32.0 Å². The molecule has 5 heteroatoms. The molecule has 0 saturated heterocycles. The SMILES string of the molecule is Cc1cc(C)cc(NC(=O)c2ccc(OC(C)(C)C(=O)O)cc2)c1. The number of nitrogens with one attached hydrogen (secondary N) is 1. The van der Waals surface area contributed by atoms with E-state index >= 15 is 0 Å². The molecule has 1 amide bonds. The average molecular weight is 327 g/mol. The van der Waals surface area contributed by atoms with Gasteiger partial charge in [0.15, 0.2) is 5.60 Å². The van der Waals surface area contributed by atoms with Crippen LogP contribution >= 0.6 is 0 Å². The summed E-state index contributed by atoms with van der Waals surface area (Å²) in [4.78, 5) is 23.4. The summed E-state index contributed by atoms with van der Waals surface area (Å²) in [5, 5.41) is 11.9. The van der Waals surface area contributed by atoms with Gasteiger partial charge in [-0.25, -0.2) is 4.79 Å². The Morgan fingerprint density at radius 1 is 1.00 bits per heavy atom. The van der Waals surface area contributed by atoms with Crippen molar-refractivity contribution >= 4 is 17.6 Å². The van der Waals surface area contributed by atoms with Crippen molar-refractivity contribution in [2.45, 2.75) is 33.3 Å². The van der Waals surface area contributed by atoms with E-state index in [1.54, 1.807) is 24.3 Å². The van der Waals surface area contributed by atoms with Gasteiger partial charge in [0, 0.05) is 11.3 Å². The maximum absolute atomic E-state index is 12.3. The van der Waals surface area contributed by atoms with Crippen molar-refractivity contribution in [3.8, 4) is 5.75 Å². The lowest BCUT2D eigenvalue weighted by molar-refractivity contribution is -0.152. The first-order valence-corrected chi connectivity index (χ1v) is 7.59. The molecule has 0 bridgehead atoms. The predicted octanol–water partition coefficient (Wildman–Crippen LogP) is 3.80. The van der Waals surface area contributed by atoms with E-state index in [9.17, 15) is 9.59 Å². The fourth-order valence-electron chi connectivity index (χ4n) is 2.26. The number of carboxylic acids is 1. The van der Waals surface area contributed by atoms with Gasteiger partial charge in [-0.05, 0) is 75.2 Å². The third kappa shape index (κ3) is 4.35. The summed E-state index contributed by atoms with van der Waals surface area (Å²) < 4.78 is 5.42. The minimum atomic E-state index is -1.33. The third-order valence-electron chi connectivity index (χ3n) is 3.48. The van der Waals surface area contributed by atoms with E-state index in [0.717, 1.165) is 16.8 Å². The van der Waals surface area contributed by atoms with Crippen molar-refractivity contribution in [2.24, 2.45) is 0 Å². The molecule has 0 unspecified atom stereocenters. The quantitative estimate of drug-likeness (QED) is 0.876.